The van der Waals surface area contributed by atoms with Gasteiger partial charge in [0, 0.05) is 9.61 Å². The van der Waals surface area contributed by atoms with Crippen molar-refractivity contribution in [2.45, 2.75) is 71.3 Å². The van der Waals surface area contributed by atoms with Crippen molar-refractivity contribution < 1.29 is 0 Å². The number of nitrogens with one attached hydrogen (secondary N) is 1. The highest BCUT2D eigenvalue weighted by atomic mass is 127. The Bertz CT molecular complexity index is 334. The van der Waals surface area contributed by atoms with Crippen LogP contribution in [0.5, 0.6) is 0 Å². The molecule has 0 aliphatic heterocycles. The summed E-state index contributed by atoms with van der Waals surface area (Å²) in [5.41, 5.74) is 1.46. The molecule has 0 fully saturated rings. The second-order valence-corrected chi connectivity index (χ2v) is 6.89. The molecule has 1 nitrogen and oxygen atoms in total. The van der Waals surface area contributed by atoms with Gasteiger partial charge in [-0.25, -0.2) is 0 Å². The van der Waals surface area contributed by atoms with Crippen molar-refractivity contribution in [1.82, 2.24) is 5.32 Å². The second-order valence-electron chi connectivity index (χ2n) is 5.64. The largest absolute Gasteiger partial charge is 0.314 e. The molecule has 1 atom stereocenters. The Kier molecular flexibility index (Phi) is 10.4. The molecule has 0 spiro atoms. The van der Waals surface area contributed by atoms with Crippen molar-refractivity contribution in [3.05, 3.63) is 33.4 Å². The van der Waals surface area contributed by atoms with Crippen LogP contribution in [0, 0.1) is 3.57 Å². The van der Waals surface area contributed by atoms with Crippen LogP contribution < -0.4 is 5.32 Å². The minimum absolute atomic E-state index is 0.645. The van der Waals surface area contributed by atoms with Crippen molar-refractivity contribution in [1.29, 1.82) is 0 Å². The summed E-state index contributed by atoms with van der Waals surface area (Å²) in [6, 6.07) is 9.61. The smallest absolute Gasteiger partial charge is 0.0130 e. The zero-order chi connectivity index (χ0) is 14.6. The van der Waals surface area contributed by atoms with Crippen LogP contribution >= 0.6 is 22.6 Å². The summed E-state index contributed by atoms with van der Waals surface area (Å²) >= 11 is 2.37. The first-order valence-electron chi connectivity index (χ1n) is 8.24. The average molecular weight is 387 g/mol. The van der Waals surface area contributed by atoms with Crippen molar-refractivity contribution in [2.24, 2.45) is 0 Å². The van der Waals surface area contributed by atoms with Crippen LogP contribution in [0.1, 0.15) is 64.4 Å². The quantitative estimate of drug-likeness (QED) is 0.387. The van der Waals surface area contributed by atoms with E-state index in [9.17, 15) is 0 Å². The van der Waals surface area contributed by atoms with Crippen molar-refractivity contribution >= 4 is 22.6 Å². The van der Waals surface area contributed by atoms with Gasteiger partial charge < -0.3 is 5.32 Å². The number of rotatable bonds is 11. The first kappa shape index (κ1) is 18.0. The number of unbranched alkanes of at least 4 members (excludes halogenated alkanes) is 5. The van der Waals surface area contributed by atoms with Crippen LogP contribution in [0.25, 0.3) is 0 Å². The summed E-state index contributed by atoms with van der Waals surface area (Å²) in [4.78, 5) is 0. The molecule has 0 aliphatic rings. The summed E-state index contributed by atoms with van der Waals surface area (Å²) in [6.07, 6.45) is 10.8. The van der Waals surface area contributed by atoms with Crippen LogP contribution in [0.15, 0.2) is 24.3 Å². The highest BCUT2D eigenvalue weighted by Crippen LogP contribution is 2.13. The molecule has 1 rings (SSSR count). The summed E-state index contributed by atoms with van der Waals surface area (Å²) in [6.45, 7) is 5.56. The Morgan fingerprint density at radius 2 is 1.60 bits per heavy atom. The minimum atomic E-state index is 0.645. The molecule has 1 N–H and O–H groups in total. The topological polar surface area (TPSA) is 12.0 Å². The fourth-order valence-corrected chi connectivity index (χ4v) is 3.00. The lowest BCUT2D eigenvalue weighted by atomic mass is 9.99. The van der Waals surface area contributed by atoms with Crippen molar-refractivity contribution in [3.8, 4) is 0 Å². The monoisotopic (exact) mass is 387 g/mol. The van der Waals surface area contributed by atoms with Gasteiger partial charge in [-0.15, -0.1) is 0 Å². The Morgan fingerprint density at radius 1 is 0.950 bits per heavy atom. The molecule has 1 unspecified atom stereocenters. The van der Waals surface area contributed by atoms with Crippen LogP contribution in [0.4, 0.5) is 0 Å². The van der Waals surface area contributed by atoms with E-state index in [4.69, 9.17) is 0 Å². The zero-order valence-electron chi connectivity index (χ0n) is 13.1. The Morgan fingerprint density at radius 3 is 2.25 bits per heavy atom. The van der Waals surface area contributed by atoms with Gasteiger partial charge in [-0.2, -0.15) is 0 Å². The molecule has 20 heavy (non-hydrogen) atoms. The lowest BCUT2D eigenvalue weighted by Gasteiger charge is -2.18. The fourth-order valence-electron chi connectivity index (χ4n) is 2.64. The molecule has 0 saturated carbocycles. The lowest BCUT2D eigenvalue weighted by Crippen LogP contribution is -2.30. The molecule has 114 valence electrons. The summed E-state index contributed by atoms with van der Waals surface area (Å²) in [5, 5.41) is 3.65. The summed E-state index contributed by atoms with van der Waals surface area (Å²) in [5.74, 6) is 0. The third kappa shape index (κ3) is 8.25. The molecule has 0 aromatic heterocycles. The fraction of sp³-hybridized carbons (Fsp3) is 0.667. The van der Waals surface area contributed by atoms with Gasteiger partial charge >= 0.3 is 0 Å². The van der Waals surface area contributed by atoms with Gasteiger partial charge in [0.15, 0.2) is 0 Å². The van der Waals surface area contributed by atoms with Crippen LogP contribution in [-0.2, 0) is 6.42 Å². The molecule has 0 bridgehead atoms. The zero-order valence-corrected chi connectivity index (χ0v) is 15.3. The van der Waals surface area contributed by atoms with Gasteiger partial charge in [-0.05, 0) is 59.7 Å². The summed E-state index contributed by atoms with van der Waals surface area (Å²) in [7, 11) is 0. The molecule has 0 heterocycles. The maximum absolute atomic E-state index is 3.65. The highest BCUT2D eigenvalue weighted by molar-refractivity contribution is 14.1. The first-order chi connectivity index (χ1) is 9.76. The van der Waals surface area contributed by atoms with E-state index in [1.165, 1.54) is 60.5 Å². The highest BCUT2D eigenvalue weighted by Gasteiger charge is 2.08. The van der Waals surface area contributed by atoms with E-state index in [0.717, 1.165) is 6.54 Å². The maximum atomic E-state index is 3.65. The molecule has 2 heteroatoms. The van der Waals surface area contributed by atoms with Crippen molar-refractivity contribution in [2.75, 3.05) is 6.54 Å². The molecular formula is C18H30IN. The van der Waals surface area contributed by atoms with Gasteiger partial charge in [-0.1, -0.05) is 64.5 Å². The normalized spacial score (nSPS) is 12.6. The molecule has 1 aromatic rings. The predicted octanol–water partition coefficient (Wildman–Crippen LogP) is 5.56. The molecule has 0 aliphatic carbocycles. The van der Waals surface area contributed by atoms with Gasteiger partial charge in [0.2, 0.25) is 0 Å². The number of hydrogen-bond donors (Lipinski definition) is 1. The average Bonchev–Trinajstić information content (AvgIpc) is 2.45. The van der Waals surface area contributed by atoms with Gasteiger partial charge in [0.05, 0.1) is 0 Å². The number of likely N-dealkylation sites (N-methyl/N-ethyl adjacent to an activating group) is 1. The predicted molar refractivity (Wildman–Crippen MR) is 98.3 cm³/mol. The third-order valence-corrected chi connectivity index (χ3v) is 4.51. The van der Waals surface area contributed by atoms with Crippen LogP contribution in [0.2, 0.25) is 0 Å². The lowest BCUT2D eigenvalue weighted by molar-refractivity contribution is 0.459. The van der Waals surface area contributed by atoms with E-state index in [0.29, 0.717) is 6.04 Å². The maximum Gasteiger partial charge on any atom is 0.0130 e. The molecular weight excluding hydrogens is 357 g/mol. The first-order valence-corrected chi connectivity index (χ1v) is 9.32. The Labute approximate surface area is 139 Å². The number of hydrogen-bond acceptors (Lipinski definition) is 1. The molecule has 0 amide bonds. The van der Waals surface area contributed by atoms with Gasteiger partial charge in [-0.3, -0.25) is 0 Å². The van der Waals surface area contributed by atoms with E-state index >= 15 is 0 Å². The van der Waals surface area contributed by atoms with Gasteiger partial charge in [0.1, 0.15) is 0 Å². The van der Waals surface area contributed by atoms with Crippen molar-refractivity contribution in [3.63, 3.8) is 0 Å². The third-order valence-electron chi connectivity index (χ3n) is 3.79. The SMILES string of the molecule is CCCCCCCCC(Cc1ccc(I)cc1)NCC. The minimum Gasteiger partial charge on any atom is -0.314 e. The summed E-state index contributed by atoms with van der Waals surface area (Å²) < 4.78 is 1.32. The van der Waals surface area contributed by atoms with E-state index in [-0.39, 0.29) is 0 Å². The van der Waals surface area contributed by atoms with E-state index in [2.05, 4.69) is 66.0 Å². The Hall–Kier alpha value is -0.0900. The molecule has 0 radical (unpaired) electrons. The Balaban J connectivity index is 2.27. The standard InChI is InChI=1S/C18H30IN/c1-3-5-6-7-8-9-10-18(20-4-2)15-16-11-13-17(19)14-12-16/h11-14,18,20H,3-10,15H2,1-2H3. The molecule has 1 aromatic carbocycles. The van der Waals surface area contributed by atoms with E-state index in [1.807, 2.05) is 0 Å². The van der Waals surface area contributed by atoms with E-state index < -0.39 is 0 Å². The second kappa shape index (κ2) is 11.6. The van der Waals surface area contributed by atoms with E-state index in [1.54, 1.807) is 0 Å². The number of benzene rings is 1. The van der Waals surface area contributed by atoms with Crippen LogP contribution in [-0.4, -0.2) is 12.6 Å². The molecule has 0 saturated heterocycles. The van der Waals surface area contributed by atoms with Gasteiger partial charge in [0.25, 0.3) is 0 Å². The number of halogens is 1. The van der Waals surface area contributed by atoms with Crippen LogP contribution in [0.3, 0.4) is 0 Å².